The maximum absolute atomic E-state index is 12.4. The molecule has 0 aromatic heterocycles. The Kier molecular flexibility index (Phi) is 3.19. The van der Waals surface area contributed by atoms with E-state index in [-0.39, 0.29) is 12.0 Å². The van der Waals surface area contributed by atoms with Crippen molar-refractivity contribution in [3.05, 3.63) is 35.6 Å². The molecule has 1 aromatic carbocycles. The molecule has 1 rings (SSSR count). The summed E-state index contributed by atoms with van der Waals surface area (Å²) in [5.41, 5.74) is 11.8. The first-order chi connectivity index (χ1) is 5.68. The molecule has 0 aliphatic carbocycles. The first-order valence-electron chi connectivity index (χ1n) is 3.94. The number of benzene rings is 1. The van der Waals surface area contributed by atoms with Gasteiger partial charge in [-0.3, -0.25) is 0 Å². The van der Waals surface area contributed by atoms with Gasteiger partial charge < -0.3 is 11.5 Å². The van der Waals surface area contributed by atoms with Gasteiger partial charge in [0, 0.05) is 0 Å². The number of halogens is 1. The molecule has 2 nitrogen and oxygen atoms in total. The van der Waals surface area contributed by atoms with Crippen LogP contribution in [0.3, 0.4) is 0 Å². The van der Waals surface area contributed by atoms with Crippen molar-refractivity contribution in [2.24, 2.45) is 11.5 Å². The lowest BCUT2D eigenvalue weighted by Gasteiger charge is -2.04. The van der Waals surface area contributed by atoms with Crippen LogP contribution < -0.4 is 11.5 Å². The van der Waals surface area contributed by atoms with E-state index >= 15 is 0 Å². The van der Waals surface area contributed by atoms with Gasteiger partial charge in [0.1, 0.15) is 5.82 Å². The topological polar surface area (TPSA) is 52.0 Å². The fraction of sp³-hybridized carbons (Fsp3) is 0.333. The number of hydrogen-bond donors (Lipinski definition) is 2. The second kappa shape index (κ2) is 4.18. The van der Waals surface area contributed by atoms with E-state index in [2.05, 4.69) is 0 Å². The highest BCUT2D eigenvalue weighted by Gasteiger charge is 1.96. The van der Waals surface area contributed by atoms with Gasteiger partial charge in [0.05, 0.1) is 6.17 Å². The summed E-state index contributed by atoms with van der Waals surface area (Å²) in [6.07, 6.45) is 1.25. The smallest absolute Gasteiger partial charge is 0.123 e. The highest BCUT2D eigenvalue weighted by molar-refractivity contribution is 5.16. The van der Waals surface area contributed by atoms with E-state index in [1.165, 1.54) is 12.1 Å². The number of nitrogens with two attached hydrogens (primary N) is 2. The predicted octanol–water partition coefficient (Wildman–Crippen LogP) is 1.00. The number of hydrogen-bond acceptors (Lipinski definition) is 2. The van der Waals surface area contributed by atoms with Crippen LogP contribution in [0.5, 0.6) is 0 Å². The molecule has 0 aliphatic rings. The predicted molar refractivity (Wildman–Crippen MR) is 46.9 cm³/mol. The summed E-state index contributed by atoms with van der Waals surface area (Å²) in [6.45, 7) is 0. The summed E-state index contributed by atoms with van der Waals surface area (Å²) >= 11 is 0. The first kappa shape index (κ1) is 9.16. The summed E-state index contributed by atoms with van der Waals surface area (Å²) in [6, 6.07) is 6.38. The molecule has 0 aliphatic heterocycles. The van der Waals surface area contributed by atoms with Crippen LogP contribution in [0.1, 0.15) is 12.0 Å². The SMILES string of the molecule is NC(N)CCc1ccc(F)cc1. The lowest BCUT2D eigenvalue weighted by molar-refractivity contribution is 0.622. The van der Waals surface area contributed by atoms with Crippen molar-refractivity contribution in [3.8, 4) is 0 Å². The summed E-state index contributed by atoms with van der Waals surface area (Å²) < 4.78 is 12.4. The van der Waals surface area contributed by atoms with Crippen LogP contribution in [0.25, 0.3) is 0 Å². The Morgan fingerprint density at radius 3 is 2.25 bits per heavy atom. The van der Waals surface area contributed by atoms with Crippen LogP contribution >= 0.6 is 0 Å². The molecule has 0 unspecified atom stereocenters. The third kappa shape index (κ3) is 2.98. The van der Waals surface area contributed by atoms with E-state index in [0.29, 0.717) is 0 Å². The van der Waals surface area contributed by atoms with Gasteiger partial charge >= 0.3 is 0 Å². The minimum atomic E-state index is -0.282. The third-order valence-electron chi connectivity index (χ3n) is 1.68. The van der Waals surface area contributed by atoms with Gasteiger partial charge in [0.25, 0.3) is 0 Å². The standard InChI is InChI=1S/C9H13FN2/c10-8-4-1-7(2-5-8)3-6-9(11)12/h1-2,4-5,9H,3,6,11-12H2. The molecular weight excluding hydrogens is 155 g/mol. The Bertz CT molecular complexity index is 231. The highest BCUT2D eigenvalue weighted by atomic mass is 19.1. The maximum Gasteiger partial charge on any atom is 0.123 e. The van der Waals surface area contributed by atoms with E-state index in [4.69, 9.17) is 11.5 Å². The summed E-state index contributed by atoms with van der Waals surface area (Å²) in [4.78, 5) is 0. The summed E-state index contributed by atoms with van der Waals surface area (Å²) in [7, 11) is 0. The van der Waals surface area contributed by atoms with E-state index in [0.717, 1.165) is 18.4 Å². The second-order valence-electron chi connectivity index (χ2n) is 2.83. The van der Waals surface area contributed by atoms with Gasteiger partial charge in [-0.25, -0.2) is 4.39 Å². The van der Waals surface area contributed by atoms with Gasteiger partial charge in [0.15, 0.2) is 0 Å². The van der Waals surface area contributed by atoms with E-state index in [1.807, 2.05) is 0 Å². The molecule has 0 bridgehead atoms. The Morgan fingerprint density at radius 2 is 1.75 bits per heavy atom. The zero-order valence-electron chi connectivity index (χ0n) is 6.83. The van der Waals surface area contributed by atoms with Crippen molar-refractivity contribution < 1.29 is 4.39 Å². The Hall–Kier alpha value is -0.930. The van der Waals surface area contributed by atoms with Crippen molar-refractivity contribution in [2.75, 3.05) is 0 Å². The molecule has 0 spiro atoms. The largest absolute Gasteiger partial charge is 0.316 e. The molecule has 3 heteroatoms. The molecule has 0 saturated heterocycles. The van der Waals surface area contributed by atoms with Crippen molar-refractivity contribution in [3.63, 3.8) is 0 Å². The van der Waals surface area contributed by atoms with Crippen molar-refractivity contribution >= 4 is 0 Å². The molecular formula is C9H13FN2. The van der Waals surface area contributed by atoms with Crippen LogP contribution in [0.15, 0.2) is 24.3 Å². The van der Waals surface area contributed by atoms with Gasteiger partial charge in [0.2, 0.25) is 0 Å². The zero-order valence-corrected chi connectivity index (χ0v) is 6.83. The molecule has 12 heavy (non-hydrogen) atoms. The molecule has 0 saturated carbocycles. The number of rotatable bonds is 3. The van der Waals surface area contributed by atoms with Crippen LogP contribution in [-0.2, 0) is 6.42 Å². The van der Waals surface area contributed by atoms with Crippen LogP contribution in [0.4, 0.5) is 4.39 Å². The Balaban J connectivity index is 2.48. The van der Waals surface area contributed by atoms with Crippen molar-refractivity contribution in [1.29, 1.82) is 0 Å². The third-order valence-corrected chi connectivity index (χ3v) is 1.68. The van der Waals surface area contributed by atoms with Crippen LogP contribution in [-0.4, -0.2) is 6.17 Å². The quantitative estimate of drug-likeness (QED) is 0.661. The first-order valence-corrected chi connectivity index (χ1v) is 3.94. The molecule has 4 N–H and O–H groups in total. The average Bonchev–Trinajstić information content (AvgIpc) is 2.03. The average molecular weight is 168 g/mol. The zero-order chi connectivity index (χ0) is 8.97. The van der Waals surface area contributed by atoms with Crippen molar-refractivity contribution in [1.82, 2.24) is 0 Å². The summed E-state index contributed by atoms with van der Waals surface area (Å²) in [5.74, 6) is -0.212. The van der Waals surface area contributed by atoms with E-state index in [1.54, 1.807) is 12.1 Å². The van der Waals surface area contributed by atoms with Gasteiger partial charge in [-0.2, -0.15) is 0 Å². The molecule has 0 radical (unpaired) electrons. The number of aryl methyl sites for hydroxylation is 1. The molecule has 0 fully saturated rings. The second-order valence-corrected chi connectivity index (χ2v) is 2.83. The maximum atomic E-state index is 12.4. The van der Waals surface area contributed by atoms with Gasteiger partial charge in [-0.15, -0.1) is 0 Å². The van der Waals surface area contributed by atoms with E-state index in [9.17, 15) is 4.39 Å². The molecule has 0 amide bonds. The van der Waals surface area contributed by atoms with Crippen LogP contribution in [0.2, 0.25) is 0 Å². The lowest BCUT2D eigenvalue weighted by atomic mass is 10.1. The van der Waals surface area contributed by atoms with E-state index < -0.39 is 0 Å². The van der Waals surface area contributed by atoms with Gasteiger partial charge in [-0.1, -0.05) is 12.1 Å². The minimum absolute atomic E-state index is 0.212. The fourth-order valence-electron chi connectivity index (χ4n) is 0.984. The molecule has 1 aromatic rings. The fourth-order valence-corrected chi connectivity index (χ4v) is 0.984. The van der Waals surface area contributed by atoms with Crippen LogP contribution in [0, 0.1) is 5.82 Å². The Morgan fingerprint density at radius 1 is 1.17 bits per heavy atom. The minimum Gasteiger partial charge on any atom is -0.316 e. The molecule has 66 valence electrons. The Labute approximate surface area is 71.4 Å². The monoisotopic (exact) mass is 168 g/mol. The normalized spacial score (nSPS) is 10.7. The lowest BCUT2D eigenvalue weighted by Crippen LogP contribution is -2.30. The summed E-state index contributed by atoms with van der Waals surface area (Å²) in [5, 5.41) is 0. The van der Waals surface area contributed by atoms with Gasteiger partial charge in [-0.05, 0) is 30.5 Å². The van der Waals surface area contributed by atoms with Crippen molar-refractivity contribution in [2.45, 2.75) is 19.0 Å². The molecule has 0 atom stereocenters. The molecule has 0 heterocycles. The highest BCUT2D eigenvalue weighted by Crippen LogP contribution is 2.05.